The smallest absolute Gasteiger partial charge is 0.266 e. The Morgan fingerprint density at radius 3 is 2.57 bits per heavy atom. The fourth-order valence-corrected chi connectivity index (χ4v) is 3.61. The van der Waals surface area contributed by atoms with Crippen molar-refractivity contribution in [3.05, 3.63) is 95.5 Å². The molecule has 7 nitrogen and oxygen atoms in total. The highest BCUT2D eigenvalue weighted by atomic mass is 35.5. The van der Waals surface area contributed by atoms with E-state index in [-0.39, 0.29) is 11.2 Å². The number of thiazole rings is 1. The molecule has 9 heteroatoms. The van der Waals surface area contributed by atoms with E-state index < -0.39 is 4.92 Å². The number of para-hydroxylation sites is 1. The van der Waals surface area contributed by atoms with E-state index in [9.17, 15) is 14.9 Å². The lowest BCUT2D eigenvalue weighted by Gasteiger charge is -1.94. The van der Waals surface area contributed by atoms with Crippen molar-refractivity contribution in [1.29, 1.82) is 0 Å². The number of hydrogen-bond donors (Lipinski definition) is 0. The second-order valence-corrected chi connectivity index (χ2v) is 7.23. The minimum absolute atomic E-state index is 0.0625. The lowest BCUT2D eigenvalue weighted by atomic mass is 10.2. The van der Waals surface area contributed by atoms with Crippen LogP contribution in [0.3, 0.4) is 0 Å². The maximum Gasteiger partial charge on any atom is 0.291 e. The second kappa shape index (κ2) is 7.34. The van der Waals surface area contributed by atoms with Gasteiger partial charge in [-0.1, -0.05) is 53.3 Å². The summed E-state index contributed by atoms with van der Waals surface area (Å²) < 4.78 is 1.53. The highest BCUT2D eigenvalue weighted by Gasteiger charge is 2.13. The first-order valence-corrected chi connectivity index (χ1v) is 9.29. The molecule has 2 heterocycles. The zero-order valence-electron chi connectivity index (χ0n) is 14.2. The standard InChI is InChI=1S/C19H11ClN4O3S/c20-14-8-5-12(6-9-14)7-10-17-21-19-23(22-17)18(25)16(28-19)11-13-3-1-2-4-15(13)24(26)27/h1-11H/b10-7+,16-11+. The molecule has 0 saturated carbocycles. The molecular formula is C19H11ClN4O3S. The zero-order chi connectivity index (χ0) is 19.7. The minimum atomic E-state index is -0.479. The van der Waals surface area contributed by atoms with E-state index in [0.717, 1.165) is 16.9 Å². The number of rotatable bonds is 4. The van der Waals surface area contributed by atoms with Gasteiger partial charge in [0.25, 0.3) is 11.2 Å². The van der Waals surface area contributed by atoms with Crippen molar-refractivity contribution < 1.29 is 4.92 Å². The van der Waals surface area contributed by atoms with Crippen molar-refractivity contribution in [2.24, 2.45) is 0 Å². The number of hydrogen-bond acceptors (Lipinski definition) is 6. The largest absolute Gasteiger partial charge is 0.291 e. The number of benzene rings is 2. The van der Waals surface area contributed by atoms with Gasteiger partial charge in [-0.2, -0.15) is 9.50 Å². The van der Waals surface area contributed by atoms with Crippen molar-refractivity contribution in [2.75, 3.05) is 0 Å². The molecular weight excluding hydrogens is 400 g/mol. The van der Waals surface area contributed by atoms with Crippen LogP contribution in [0.1, 0.15) is 17.0 Å². The summed E-state index contributed by atoms with van der Waals surface area (Å²) >= 11 is 6.99. The highest BCUT2D eigenvalue weighted by molar-refractivity contribution is 7.15. The lowest BCUT2D eigenvalue weighted by molar-refractivity contribution is -0.385. The maximum absolute atomic E-state index is 12.6. The molecule has 0 fully saturated rings. The van der Waals surface area contributed by atoms with Crippen molar-refractivity contribution in [3.8, 4) is 0 Å². The molecule has 0 aliphatic carbocycles. The summed E-state index contributed by atoms with van der Waals surface area (Å²) in [6, 6.07) is 13.5. The molecule has 0 amide bonds. The van der Waals surface area contributed by atoms with Crippen LogP contribution in [-0.4, -0.2) is 19.5 Å². The Kier molecular flexibility index (Phi) is 4.72. The summed E-state index contributed by atoms with van der Waals surface area (Å²) in [6.07, 6.45) is 5.01. The maximum atomic E-state index is 12.6. The van der Waals surface area contributed by atoms with Gasteiger partial charge < -0.3 is 0 Å². The van der Waals surface area contributed by atoms with Crippen LogP contribution in [0.2, 0.25) is 5.02 Å². The fourth-order valence-electron chi connectivity index (χ4n) is 2.58. The molecule has 28 heavy (non-hydrogen) atoms. The zero-order valence-corrected chi connectivity index (χ0v) is 15.7. The van der Waals surface area contributed by atoms with Gasteiger partial charge in [-0.05, 0) is 35.9 Å². The lowest BCUT2D eigenvalue weighted by Crippen LogP contribution is -2.23. The first-order chi connectivity index (χ1) is 13.5. The predicted octanol–water partition coefficient (Wildman–Crippen LogP) is 3.43. The topological polar surface area (TPSA) is 90.4 Å². The monoisotopic (exact) mass is 410 g/mol. The van der Waals surface area contributed by atoms with E-state index in [4.69, 9.17) is 11.6 Å². The predicted molar refractivity (Wildman–Crippen MR) is 109 cm³/mol. The number of nitro groups is 1. The van der Waals surface area contributed by atoms with Crippen molar-refractivity contribution >= 4 is 51.8 Å². The average Bonchev–Trinajstić information content (AvgIpc) is 3.21. The first kappa shape index (κ1) is 18.0. The Labute approximate surface area is 167 Å². The Bertz CT molecular complexity index is 1330. The molecule has 4 rings (SSSR count). The van der Waals surface area contributed by atoms with E-state index >= 15 is 0 Å². The molecule has 2 aromatic heterocycles. The summed E-state index contributed by atoms with van der Waals surface area (Å²) in [4.78, 5) is 28.0. The van der Waals surface area contributed by atoms with Crippen molar-refractivity contribution in [3.63, 3.8) is 0 Å². The molecule has 138 valence electrons. The number of nitrogens with zero attached hydrogens (tertiary/aromatic N) is 4. The van der Waals surface area contributed by atoms with E-state index in [2.05, 4.69) is 10.1 Å². The molecule has 4 aromatic rings. The van der Waals surface area contributed by atoms with E-state index in [1.54, 1.807) is 36.4 Å². The van der Waals surface area contributed by atoms with Gasteiger partial charge in [0.05, 0.1) is 15.0 Å². The quantitative estimate of drug-likeness (QED) is 0.379. The Morgan fingerprint density at radius 2 is 1.86 bits per heavy atom. The Morgan fingerprint density at radius 1 is 1.11 bits per heavy atom. The number of aromatic nitrogens is 3. The van der Waals surface area contributed by atoms with Crippen LogP contribution in [0.4, 0.5) is 5.69 Å². The summed E-state index contributed by atoms with van der Waals surface area (Å²) in [5, 5.41) is 16.0. The second-order valence-electron chi connectivity index (χ2n) is 5.78. The van der Waals surface area contributed by atoms with Crippen molar-refractivity contribution in [2.45, 2.75) is 0 Å². The van der Waals surface area contributed by atoms with Crippen LogP contribution in [0.25, 0.3) is 23.2 Å². The average molecular weight is 411 g/mol. The van der Waals surface area contributed by atoms with E-state index in [1.807, 2.05) is 18.2 Å². The molecule has 0 atom stereocenters. The fraction of sp³-hybridized carbons (Fsp3) is 0. The third kappa shape index (κ3) is 3.55. The normalized spacial score (nSPS) is 12.2. The van der Waals surface area contributed by atoms with Crippen LogP contribution in [-0.2, 0) is 0 Å². The van der Waals surface area contributed by atoms with Crippen LogP contribution in [0.15, 0.2) is 53.3 Å². The summed E-state index contributed by atoms with van der Waals surface area (Å²) in [7, 11) is 0. The molecule has 0 bridgehead atoms. The minimum Gasteiger partial charge on any atom is -0.266 e. The molecule has 0 radical (unpaired) electrons. The van der Waals surface area contributed by atoms with Crippen LogP contribution < -0.4 is 10.1 Å². The van der Waals surface area contributed by atoms with Gasteiger partial charge in [-0.15, -0.1) is 5.10 Å². The molecule has 2 aromatic carbocycles. The molecule has 0 saturated heterocycles. The van der Waals surface area contributed by atoms with Gasteiger partial charge in [0.1, 0.15) is 0 Å². The van der Waals surface area contributed by atoms with E-state index in [1.165, 1.54) is 16.7 Å². The molecule has 0 unspecified atom stereocenters. The first-order valence-electron chi connectivity index (χ1n) is 8.09. The Hall–Kier alpha value is -3.36. The van der Waals surface area contributed by atoms with Crippen LogP contribution in [0, 0.1) is 10.1 Å². The third-order valence-corrected chi connectivity index (χ3v) is 5.12. The van der Waals surface area contributed by atoms with E-state index in [0.29, 0.717) is 25.9 Å². The van der Waals surface area contributed by atoms with Gasteiger partial charge >= 0.3 is 0 Å². The molecule has 0 aliphatic rings. The number of nitro benzene ring substituents is 1. The molecule has 0 spiro atoms. The van der Waals surface area contributed by atoms with Crippen LogP contribution in [0.5, 0.6) is 0 Å². The van der Waals surface area contributed by atoms with Crippen molar-refractivity contribution in [1.82, 2.24) is 14.6 Å². The molecule has 0 N–H and O–H groups in total. The molecule has 0 aliphatic heterocycles. The Balaban J connectivity index is 1.70. The third-order valence-electron chi connectivity index (χ3n) is 3.91. The number of halogens is 1. The van der Waals surface area contributed by atoms with Gasteiger partial charge in [0.15, 0.2) is 5.82 Å². The highest BCUT2D eigenvalue weighted by Crippen LogP contribution is 2.18. The van der Waals surface area contributed by atoms with Gasteiger partial charge in [0, 0.05) is 11.1 Å². The number of fused-ring (bicyclic) bond motifs is 1. The van der Waals surface area contributed by atoms with Gasteiger partial charge in [0.2, 0.25) is 4.96 Å². The van der Waals surface area contributed by atoms with Gasteiger partial charge in [-0.25, -0.2) is 0 Å². The summed E-state index contributed by atoms with van der Waals surface area (Å²) in [6.45, 7) is 0. The SMILES string of the molecule is O=c1/c(=C\c2ccccc2[N+](=O)[O-])sc2nc(/C=C/c3ccc(Cl)cc3)nn12. The van der Waals surface area contributed by atoms with Gasteiger partial charge in [-0.3, -0.25) is 14.9 Å². The summed E-state index contributed by atoms with van der Waals surface area (Å²) in [5.74, 6) is 0.399. The van der Waals surface area contributed by atoms with Crippen LogP contribution >= 0.6 is 22.9 Å². The summed E-state index contributed by atoms with van der Waals surface area (Å²) in [5.41, 5.74) is 0.858.